The van der Waals surface area contributed by atoms with Crippen molar-refractivity contribution in [1.29, 1.82) is 10.7 Å². The summed E-state index contributed by atoms with van der Waals surface area (Å²) < 4.78 is 10.7. The first-order valence-corrected chi connectivity index (χ1v) is 9.19. The molecule has 0 spiro atoms. The standard InChI is InChI=1S/C19H13ClN2O3S/c20-13-7-15-14(24-9-25-15)6-11(13)16-12(8-21)19(22)26-18(16)17(23)10-4-2-1-3-5-10/h1-7,12,16,18,22H,9H2/t12?,16-,18-/m1/s1. The van der Waals surface area contributed by atoms with Crippen LogP contribution in [0.1, 0.15) is 21.8 Å². The Bertz CT molecular complexity index is 942. The average molecular weight is 385 g/mol. The van der Waals surface area contributed by atoms with Crippen molar-refractivity contribution in [2.24, 2.45) is 5.92 Å². The van der Waals surface area contributed by atoms with E-state index < -0.39 is 17.1 Å². The van der Waals surface area contributed by atoms with Crippen LogP contribution in [0.4, 0.5) is 0 Å². The molecule has 2 aromatic carbocycles. The third kappa shape index (κ3) is 2.74. The van der Waals surface area contributed by atoms with Crippen LogP contribution in [0.15, 0.2) is 42.5 Å². The van der Waals surface area contributed by atoms with Gasteiger partial charge in [0.25, 0.3) is 0 Å². The van der Waals surface area contributed by atoms with Crippen molar-refractivity contribution in [2.75, 3.05) is 6.79 Å². The lowest BCUT2D eigenvalue weighted by Crippen LogP contribution is -2.25. The summed E-state index contributed by atoms with van der Waals surface area (Å²) in [5.74, 6) is -0.283. The summed E-state index contributed by atoms with van der Waals surface area (Å²) in [7, 11) is 0. The maximum atomic E-state index is 13.1. The van der Waals surface area contributed by atoms with Crippen LogP contribution in [0.3, 0.4) is 0 Å². The van der Waals surface area contributed by atoms with Crippen LogP contribution in [0.5, 0.6) is 11.5 Å². The van der Waals surface area contributed by atoms with Gasteiger partial charge in [0.05, 0.1) is 16.4 Å². The van der Waals surface area contributed by atoms with E-state index in [4.69, 9.17) is 26.5 Å². The number of nitriles is 1. The van der Waals surface area contributed by atoms with E-state index in [9.17, 15) is 10.1 Å². The minimum atomic E-state index is -0.726. The molecule has 2 aromatic rings. The number of thioether (sulfide) groups is 1. The first-order chi connectivity index (χ1) is 12.6. The zero-order valence-electron chi connectivity index (χ0n) is 13.4. The van der Waals surface area contributed by atoms with E-state index in [2.05, 4.69) is 6.07 Å². The molecule has 1 saturated heterocycles. The molecule has 0 aromatic heterocycles. The molecule has 4 rings (SSSR count). The number of hydrogen-bond acceptors (Lipinski definition) is 6. The fourth-order valence-corrected chi connectivity index (χ4v) is 4.87. The molecular formula is C19H13ClN2O3S. The van der Waals surface area contributed by atoms with Crippen molar-refractivity contribution in [2.45, 2.75) is 11.2 Å². The number of halogens is 1. The summed E-state index contributed by atoms with van der Waals surface area (Å²) in [5.41, 5.74) is 1.18. The number of nitrogens with one attached hydrogen (secondary N) is 1. The number of nitrogens with zero attached hydrogens (tertiary/aromatic N) is 1. The van der Waals surface area contributed by atoms with Gasteiger partial charge in [-0.05, 0) is 11.6 Å². The molecule has 5 nitrogen and oxygen atoms in total. The lowest BCUT2D eigenvalue weighted by molar-refractivity contribution is 0.0980. The predicted octanol–water partition coefficient (Wildman–Crippen LogP) is 4.27. The second-order valence-corrected chi connectivity index (χ2v) is 7.58. The summed E-state index contributed by atoms with van der Waals surface area (Å²) in [4.78, 5) is 13.1. The van der Waals surface area contributed by atoms with E-state index in [1.54, 1.807) is 36.4 Å². The molecule has 0 radical (unpaired) electrons. The molecule has 2 aliphatic rings. The lowest BCUT2D eigenvalue weighted by atomic mass is 9.82. The molecule has 26 heavy (non-hydrogen) atoms. The quantitative estimate of drug-likeness (QED) is 0.799. The van der Waals surface area contributed by atoms with Gasteiger partial charge >= 0.3 is 0 Å². The molecule has 0 bridgehead atoms. The van der Waals surface area contributed by atoms with Gasteiger partial charge in [-0.2, -0.15) is 5.26 Å². The van der Waals surface area contributed by atoms with Gasteiger partial charge in [-0.15, -0.1) is 0 Å². The smallest absolute Gasteiger partial charge is 0.231 e. The Labute approximate surface area is 159 Å². The Hall–Kier alpha value is -2.49. The van der Waals surface area contributed by atoms with Crippen LogP contribution in [0, 0.1) is 22.7 Å². The Kier molecular flexibility index (Phi) is 4.35. The van der Waals surface area contributed by atoms with Crippen LogP contribution in [-0.4, -0.2) is 22.9 Å². The molecule has 1 fully saturated rings. The molecule has 3 atom stereocenters. The van der Waals surface area contributed by atoms with Gasteiger partial charge in [-0.1, -0.05) is 53.7 Å². The van der Waals surface area contributed by atoms with E-state index in [1.165, 1.54) is 0 Å². The van der Waals surface area contributed by atoms with Gasteiger partial charge in [0.15, 0.2) is 17.3 Å². The number of carbonyl (C=O) groups excluding carboxylic acids is 1. The van der Waals surface area contributed by atoms with Gasteiger partial charge in [-0.3, -0.25) is 10.2 Å². The molecule has 0 saturated carbocycles. The molecular weight excluding hydrogens is 372 g/mol. The van der Waals surface area contributed by atoms with Gasteiger partial charge in [0, 0.05) is 22.6 Å². The molecule has 1 N–H and O–H groups in total. The van der Waals surface area contributed by atoms with E-state index in [1.807, 2.05) is 6.07 Å². The zero-order valence-corrected chi connectivity index (χ0v) is 15.0. The summed E-state index contributed by atoms with van der Waals surface area (Å²) in [6.45, 7) is 0.110. The summed E-state index contributed by atoms with van der Waals surface area (Å²) in [6.07, 6.45) is 0. The normalized spacial score (nSPS) is 23.7. The maximum Gasteiger partial charge on any atom is 0.231 e. The van der Waals surface area contributed by atoms with E-state index in [-0.39, 0.29) is 17.6 Å². The van der Waals surface area contributed by atoms with Crippen molar-refractivity contribution in [1.82, 2.24) is 0 Å². The predicted molar refractivity (Wildman–Crippen MR) is 99.3 cm³/mol. The highest BCUT2D eigenvalue weighted by atomic mass is 35.5. The molecule has 7 heteroatoms. The number of ketones is 1. The van der Waals surface area contributed by atoms with Gasteiger partial charge in [-0.25, -0.2) is 0 Å². The summed E-state index contributed by atoms with van der Waals surface area (Å²) >= 11 is 7.56. The second-order valence-electron chi connectivity index (χ2n) is 5.99. The summed E-state index contributed by atoms with van der Waals surface area (Å²) in [5, 5.41) is 17.8. The van der Waals surface area contributed by atoms with Crippen molar-refractivity contribution in [3.63, 3.8) is 0 Å². The van der Waals surface area contributed by atoms with E-state index >= 15 is 0 Å². The Morgan fingerprint density at radius 1 is 1.23 bits per heavy atom. The second kappa shape index (κ2) is 6.67. The number of carbonyl (C=O) groups is 1. The topological polar surface area (TPSA) is 83.2 Å². The number of ether oxygens (including phenoxy) is 2. The molecule has 130 valence electrons. The van der Waals surface area contributed by atoms with Crippen LogP contribution in [0.25, 0.3) is 0 Å². The van der Waals surface area contributed by atoms with Crippen molar-refractivity contribution in [3.05, 3.63) is 58.6 Å². The largest absolute Gasteiger partial charge is 0.454 e. The third-order valence-electron chi connectivity index (χ3n) is 4.53. The monoisotopic (exact) mass is 384 g/mol. The van der Waals surface area contributed by atoms with Gasteiger partial charge in [0.1, 0.15) is 5.92 Å². The fourth-order valence-electron chi connectivity index (χ4n) is 3.27. The average Bonchev–Trinajstić information content (AvgIpc) is 3.24. The van der Waals surface area contributed by atoms with E-state index in [0.29, 0.717) is 27.6 Å². The highest BCUT2D eigenvalue weighted by Gasteiger charge is 2.47. The highest BCUT2D eigenvalue weighted by Crippen LogP contribution is 2.50. The fraction of sp³-hybridized carbons (Fsp3) is 0.211. The lowest BCUT2D eigenvalue weighted by Gasteiger charge is -2.21. The first kappa shape index (κ1) is 17.0. The minimum Gasteiger partial charge on any atom is -0.454 e. The molecule has 0 amide bonds. The number of benzene rings is 2. The number of rotatable bonds is 3. The minimum absolute atomic E-state index is 0.110. The van der Waals surface area contributed by atoms with Crippen LogP contribution in [-0.2, 0) is 0 Å². The van der Waals surface area contributed by atoms with Crippen LogP contribution < -0.4 is 9.47 Å². The Morgan fingerprint density at radius 3 is 2.62 bits per heavy atom. The van der Waals surface area contributed by atoms with Gasteiger partial charge in [0.2, 0.25) is 6.79 Å². The molecule has 0 aliphatic carbocycles. The van der Waals surface area contributed by atoms with Crippen molar-refractivity contribution >= 4 is 34.2 Å². The number of fused-ring (bicyclic) bond motifs is 1. The Balaban J connectivity index is 1.79. The van der Waals surface area contributed by atoms with E-state index in [0.717, 1.165) is 11.8 Å². The number of Topliss-reactive ketones (excluding diaryl/α,β-unsaturated/α-hetero) is 1. The van der Waals surface area contributed by atoms with Crippen LogP contribution >= 0.6 is 23.4 Å². The molecule has 1 unspecified atom stereocenters. The Morgan fingerprint density at radius 2 is 1.92 bits per heavy atom. The van der Waals surface area contributed by atoms with Crippen LogP contribution in [0.2, 0.25) is 5.02 Å². The highest BCUT2D eigenvalue weighted by molar-refractivity contribution is 8.15. The SMILES string of the molecule is N#CC1C(=N)S[C@@H](C(=O)c2ccccc2)[C@@H]1c1cc2c(cc1Cl)OCO2. The maximum absolute atomic E-state index is 13.1. The zero-order chi connectivity index (χ0) is 18.3. The molecule has 2 aliphatic heterocycles. The number of hydrogen-bond donors (Lipinski definition) is 1. The molecule has 2 heterocycles. The van der Waals surface area contributed by atoms with Crippen molar-refractivity contribution in [3.8, 4) is 17.6 Å². The van der Waals surface area contributed by atoms with Gasteiger partial charge < -0.3 is 9.47 Å². The van der Waals surface area contributed by atoms with Crippen molar-refractivity contribution < 1.29 is 14.3 Å². The first-order valence-electron chi connectivity index (χ1n) is 7.93. The summed E-state index contributed by atoms with van der Waals surface area (Å²) in [6, 6.07) is 14.4. The third-order valence-corrected chi connectivity index (χ3v) is 6.12.